The molecule has 0 bridgehead atoms. The number of hydrogen-bond acceptors (Lipinski definition) is 3. The van der Waals surface area contributed by atoms with Crippen molar-refractivity contribution in [1.82, 2.24) is 0 Å². The van der Waals surface area contributed by atoms with Crippen LogP contribution in [0.5, 0.6) is 0 Å². The first-order chi connectivity index (χ1) is 11.6. The number of rotatable bonds is 5. The number of sulfonamides is 1. The normalized spacial score (nSPS) is 11.2. The van der Waals surface area contributed by atoms with Crippen LogP contribution in [0.25, 0.3) is 0 Å². The van der Waals surface area contributed by atoms with Crippen LogP contribution >= 0.6 is 0 Å². The van der Waals surface area contributed by atoms with Gasteiger partial charge < -0.3 is 5.32 Å². The molecule has 0 aromatic heterocycles. The van der Waals surface area contributed by atoms with E-state index in [9.17, 15) is 17.6 Å². The molecule has 0 unspecified atom stereocenters. The van der Waals surface area contributed by atoms with Crippen LogP contribution in [-0.2, 0) is 14.8 Å². The van der Waals surface area contributed by atoms with Gasteiger partial charge in [-0.05, 0) is 56.2 Å². The van der Waals surface area contributed by atoms with Crippen molar-refractivity contribution in [3.8, 4) is 0 Å². The van der Waals surface area contributed by atoms with E-state index in [1.165, 1.54) is 12.1 Å². The molecule has 0 aliphatic carbocycles. The van der Waals surface area contributed by atoms with E-state index < -0.39 is 28.3 Å². The molecular weight excluding hydrogens is 343 g/mol. The Balaban J connectivity index is 2.25. The average Bonchev–Trinajstić information content (AvgIpc) is 2.48. The number of halogens is 1. The van der Waals surface area contributed by atoms with E-state index in [4.69, 9.17) is 0 Å². The summed E-state index contributed by atoms with van der Waals surface area (Å²) in [5.41, 5.74) is 3.79. The molecule has 0 heterocycles. The molecule has 0 atom stereocenters. The van der Waals surface area contributed by atoms with Gasteiger partial charge in [0, 0.05) is 5.69 Å². The number of anilines is 2. The highest BCUT2D eigenvalue weighted by atomic mass is 32.2. The number of aryl methyl sites for hydroxylation is 3. The van der Waals surface area contributed by atoms with Crippen molar-refractivity contribution in [2.24, 2.45) is 0 Å². The van der Waals surface area contributed by atoms with Gasteiger partial charge in [-0.3, -0.25) is 9.10 Å². The van der Waals surface area contributed by atoms with Gasteiger partial charge in [0.2, 0.25) is 15.9 Å². The van der Waals surface area contributed by atoms with E-state index in [0.717, 1.165) is 39.4 Å². The number of benzene rings is 2. The Morgan fingerprint density at radius 1 is 1.08 bits per heavy atom. The molecule has 0 aliphatic rings. The monoisotopic (exact) mass is 364 g/mol. The van der Waals surface area contributed by atoms with Crippen LogP contribution in [-0.4, -0.2) is 27.1 Å². The SMILES string of the molecule is Cc1cc(C)c(NC(=O)CN(c2ccc(F)cc2)S(C)(=O)=O)c(C)c1. The zero-order valence-corrected chi connectivity index (χ0v) is 15.4. The molecule has 0 spiro atoms. The van der Waals surface area contributed by atoms with Crippen LogP contribution in [0, 0.1) is 26.6 Å². The van der Waals surface area contributed by atoms with Crippen LogP contribution in [0.4, 0.5) is 15.8 Å². The smallest absolute Gasteiger partial charge is 0.245 e. The molecule has 7 heteroatoms. The number of nitrogens with one attached hydrogen (secondary N) is 1. The van der Waals surface area contributed by atoms with Crippen molar-refractivity contribution in [2.45, 2.75) is 20.8 Å². The fourth-order valence-corrected chi connectivity index (χ4v) is 3.55. The third-order valence-corrected chi connectivity index (χ3v) is 4.88. The van der Waals surface area contributed by atoms with Crippen LogP contribution in [0.1, 0.15) is 16.7 Å². The molecule has 2 rings (SSSR count). The molecule has 2 aromatic carbocycles. The van der Waals surface area contributed by atoms with Crippen molar-refractivity contribution in [2.75, 3.05) is 22.4 Å². The van der Waals surface area contributed by atoms with Gasteiger partial charge in [0.05, 0.1) is 11.9 Å². The second-order valence-electron chi connectivity index (χ2n) is 6.07. The van der Waals surface area contributed by atoms with Crippen LogP contribution < -0.4 is 9.62 Å². The summed E-state index contributed by atoms with van der Waals surface area (Å²) >= 11 is 0. The summed E-state index contributed by atoms with van der Waals surface area (Å²) in [6, 6.07) is 8.84. The Labute approximate surface area is 147 Å². The highest BCUT2D eigenvalue weighted by Crippen LogP contribution is 2.23. The number of amides is 1. The lowest BCUT2D eigenvalue weighted by Gasteiger charge is -2.22. The predicted molar refractivity (Wildman–Crippen MR) is 97.9 cm³/mol. The third kappa shape index (κ3) is 4.79. The minimum Gasteiger partial charge on any atom is -0.324 e. The molecule has 134 valence electrons. The summed E-state index contributed by atoms with van der Waals surface area (Å²) in [6.45, 7) is 5.33. The minimum atomic E-state index is -3.70. The van der Waals surface area contributed by atoms with E-state index in [0.29, 0.717) is 5.69 Å². The van der Waals surface area contributed by atoms with Crippen molar-refractivity contribution in [3.63, 3.8) is 0 Å². The fourth-order valence-electron chi connectivity index (χ4n) is 2.69. The lowest BCUT2D eigenvalue weighted by molar-refractivity contribution is -0.114. The highest BCUT2D eigenvalue weighted by Gasteiger charge is 2.21. The lowest BCUT2D eigenvalue weighted by Crippen LogP contribution is -2.37. The molecule has 0 saturated heterocycles. The van der Waals surface area contributed by atoms with E-state index >= 15 is 0 Å². The van der Waals surface area contributed by atoms with Gasteiger partial charge in [-0.15, -0.1) is 0 Å². The van der Waals surface area contributed by atoms with Gasteiger partial charge in [-0.2, -0.15) is 0 Å². The first-order valence-electron chi connectivity index (χ1n) is 7.69. The summed E-state index contributed by atoms with van der Waals surface area (Å²) in [5.74, 6) is -0.947. The van der Waals surface area contributed by atoms with E-state index in [-0.39, 0.29) is 5.69 Å². The lowest BCUT2D eigenvalue weighted by atomic mass is 10.1. The van der Waals surface area contributed by atoms with Crippen LogP contribution in [0.2, 0.25) is 0 Å². The van der Waals surface area contributed by atoms with Crippen LogP contribution in [0.3, 0.4) is 0 Å². The molecule has 0 aliphatic heterocycles. The summed E-state index contributed by atoms with van der Waals surface area (Å²) in [5, 5.41) is 2.77. The quantitative estimate of drug-likeness (QED) is 0.886. The molecule has 25 heavy (non-hydrogen) atoms. The number of carbonyl (C=O) groups excluding carboxylic acids is 1. The number of nitrogens with zero attached hydrogens (tertiary/aromatic N) is 1. The predicted octanol–water partition coefficient (Wildman–Crippen LogP) is 3.16. The fraction of sp³-hybridized carbons (Fsp3) is 0.278. The Kier molecular flexibility index (Phi) is 5.47. The molecule has 0 radical (unpaired) electrons. The van der Waals surface area contributed by atoms with Crippen LogP contribution in [0.15, 0.2) is 36.4 Å². The summed E-state index contributed by atoms with van der Waals surface area (Å²) in [7, 11) is -3.70. The topological polar surface area (TPSA) is 66.5 Å². The molecule has 2 aromatic rings. The Morgan fingerprint density at radius 2 is 1.60 bits per heavy atom. The molecule has 0 fully saturated rings. The molecule has 0 saturated carbocycles. The second kappa shape index (κ2) is 7.23. The first-order valence-corrected chi connectivity index (χ1v) is 9.54. The Morgan fingerprint density at radius 3 is 2.08 bits per heavy atom. The summed E-state index contributed by atoms with van der Waals surface area (Å²) in [4.78, 5) is 12.4. The molecular formula is C18H21FN2O3S. The number of carbonyl (C=O) groups is 1. The van der Waals surface area contributed by atoms with E-state index in [1.54, 1.807) is 0 Å². The maximum atomic E-state index is 13.1. The number of hydrogen-bond donors (Lipinski definition) is 1. The average molecular weight is 364 g/mol. The summed E-state index contributed by atoms with van der Waals surface area (Å²) in [6.07, 6.45) is 1.01. The highest BCUT2D eigenvalue weighted by molar-refractivity contribution is 7.92. The molecule has 1 N–H and O–H groups in total. The van der Waals surface area contributed by atoms with E-state index in [1.807, 2.05) is 32.9 Å². The maximum Gasteiger partial charge on any atom is 0.245 e. The van der Waals surface area contributed by atoms with Gasteiger partial charge in [0.1, 0.15) is 12.4 Å². The van der Waals surface area contributed by atoms with Crippen molar-refractivity contribution in [1.29, 1.82) is 0 Å². The van der Waals surface area contributed by atoms with Crippen molar-refractivity contribution >= 4 is 27.3 Å². The second-order valence-corrected chi connectivity index (χ2v) is 7.97. The van der Waals surface area contributed by atoms with Gasteiger partial charge >= 0.3 is 0 Å². The Bertz CT molecular complexity index is 870. The van der Waals surface area contributed by atoms with Crippen molar-refractivity contribution in [3.05, 3.63) is 58.9 Å². The van der Waals surface area contributed by atoms with Crippen molar-refractivity contribution < 1.29 is 17.6 Å². The summed E-state index contributed by atoms with van der Waals surface area (Å²) < 4.78 is 38.1. The zero-order chi connectivity index (χ0) is 18.8. The molecule has 5 nitrogen and oxygen atoms in total. The third-order valence-electron chi connectivity index (χ3n) is 3.74. The van der Waals surface area contributed by atoms with Gasteiger partial charge in [0.25, 0.3) is 0 Å². The van der Waals surface area contributed by atoms with Gasteiger partial charge in [-0.25, -0.2) is 12.8 Å². The van der Waals surface area contributed by atoms with Gasteiger partial charge in [-0.1, -0.05) is 17.7 Å². The van der Waals surface area contributed by atoms with Gasteiger partial charge in [0.15, 0.2) is 0 Å². The maximum absolute atomic E-state index is 13.1. The molecule has 1 amide bonds. The van der Waals surface area contributed by atoms with E-state index in [2.05, 4.69) is 5.32 Å². The largest absolute Gasteiger partial charge is 0.324 e. The zero-order valence-electron chi connectivity index (χ0n) is 14.6. The standard InChI is InChI=1S/C18H21FN2O3S/c1-12-9-13(2)18(14(3)10-12)20-17(22)11-21(25(4,23)24)16-7-5-15(19)6-8-16/h5-10H,11H2,1-4H3,(H,20,22). The minimum absolute atomic E-state index is 0.233. The first kappa shape index (κ1) is 18.9. The Hall–Kier alpha value is -2.41.